The zero-order valence-corrected chi connectivity index (χ0v) is 41.9. The molecule has 5 aromatic carbocycles. The van der Waals surface area contributed by atoms with Crippen LogP contribution in [-0.4, -0.2) is 29.0 Å². The molecule has 2 aliphatic rings. The fourth-order valence-electron chi connectivity index (χ4n) is 9.32. The van der Waals surface area contributed by atoms with Crippen molar-refractivity contribution in [2.24, 2.45) is 0 Å². The molecule has 3 nitrogen and oxygen atoms in total. The van der Waals surface area contributed by atoms with Gasteiger partial charge in [-0.3, -0.25) is 4.48 Å². The van der Waals surface area contributed by atoms with E-state index in [9.17, 15) is 0 Å². The van der Waals surface area contributed by atoms with E-state index in [-0.39, 0.29) is 27.1 Å². The molecule has 0 amide bonds. The fourth-order valence-corrected chi connectivity index (χ4v) is 9.32. The van der Waals surface area contributed by atoms with Crippen LogP contribution in [0.2, 0.25) is 0 Å². The third-order valence-corrected chi connectivity index (χ3v) is 13.5. The number of nitrogens with zero attached hydrogens (tertiary/aromatic N) is 2. The van der Waals surface area contributed by atoms with E-state index in [0.29, 0.717) is 0 Å². The normalized spacial score (nSPS) is 14.8. The minimum absolute atomic E-state index is 0.0259. The first-order chi connectivity index (χ1) is 30.3. The first-order valence-electron chi connectivity index (χ1n) is 23.4. The predicted molar refractivity (Wildman–Crippen MR) is 275 cm³/mol. The van der Waals surface area contributed by atoms with Gasteiger partial charge in [-0.1, -0.05) is 201 Å². The second kappa shape index (κ2) is 16.0. The highest BCUT2D eigenvalue weighted by Gasteiger charge is 2.55. The molecule has 6 aromatic rings. The lowest BCUT2D eigenvalue weighted by molar-refractivity contribution is -0.332. The number of rotatable bonds is 6. The Morgan fingerprint density at radius 2 is 0.862 bits per heavy atom. The van der Waals surface area contributed by atoms with Crippen LogP contribution in [0.5, 0.6) is 5.75 Å². The van der Waals surface area contributed by atoms with Crippen LogP contribution in [-0.2, 0) is 27.1 Å². The summed E-state index contributed by atoms with van der Waals surface area (Å²) in [6.45, 7) is 33.5. The molecule has 8 rings (SSSR count). The molecule has 5 heteroatoms. The van der Waals surface area contributed by atoms with Crippen molar-refractivity contribution in [1.29, 1.82) is 0 Å². The molecule has 0 unspecified atom stereocenters. The van der Waals surface area contributed by atoms with Gasteiger partial charge in [-0.2, -0.15) is 0 Å². The molecule has 0 atom stereocenters. The van der Waals surface area contributed by atoms with Crippen molar-refractivity contribution in [2.45, 2.75) is 131 Å². The van der Waals surface area contributed by atoms with E-state index in [4.69, 9.17) is 4.74 Å². The van der Waals surface area contributed by atoms with Crippen LogP contribution >= 0.6 is 0 Å². The summed E-state index contributed by atoms with van der Waals surface area (Å²) in [5.41, 5.74) is 16.9. The van der Waals surface area contributed by atoms with Gasteiger partial charge in [0, 0.05) is 28.5 Å². The second-order valence-electron chi connectivity index (χ2n) is 23.5. The Kier molecular flexibility index (Phi) is 11.3. The molecule has 0 radical (unpaired) electrons. The Labute approximate surface area is 390 Å². The van der Waals surface area contributed by atoms with Crippen LogP contribution in [0, 0.1) is 0 Å². The Balaban J connectivity index is 1.54. The number of aromatic nitrogens is 1. The molecule has 65 heavy (non-hydrogen) atoms. The van der Waals surface area contributed by atoms with Crippen LogP contribution in [0.4, 0.5) is 4.32 Å². The van der Waals surface area contributed by atoms with Crippen molar-refractivity contribution in [3.05, 3.63) is 183 Å². The molecule has 0 saturated carbocycles. The van der Waals surface area contributed by atoms with E-state index in [2.05, 4.69) is 231 Å². The van der Waals surface area contributed by atoms with Gasteiger partial charge in [0.05, 0.1) is 23.9 Å². The number of hydrogen-bond acceptors (Lipinski definition) is 1. The van der Waals surface area contributed by atoms with Crippen LogP contribution < -0.4 is 4.74 Å². The van der Waals surface area contributed by atoms with E-state index >= 15 is 4.32 Å². The van der Waals surface area contributed by atoms with Gasteiger partial charge in [-0.25, -0.2) is 8.80 Å². The largest absolute Gasteiger partial charge is 0.847 e. The van der Waals surface area contributed by atoms with Crippen LogP contribution in [0.1, 0.15) is 154 Å². The first-order valence-corrected chi connectivity index (χ1v) is 23.4. The Bertz CT molecular complexity index is 2870. The monoisotopic (exact) mass is 864 g/mol. The number of allylic oxidation sites excluding steroid dienone is 2. The molecular formula is C60H69BFN2O+. The highest BCUT2D eigenvalue weighted by atomic mass is 19.1. The molecule has 0 N–H and O–H groups in total. The summed E-state index contributed by atoms with van der Waals surface area (Å²) in [5.74, 6) is 0.750. The van der Waals surface area contributed by atoms with E-state index in [1.165, 1.54) is 27.8 Å². The number of methoxy groups -OCH3 is 1. The molecule has 0 aliphatic carbocycles. The molecular weight excluding hydrogens is 794 g/mol. The molecule has 334 valence electrons. The second-order valence-corrected chi connectivity index (χ2v) is 23.5. The van der Waals surface area contributed by atoms with Crippen molar-refractivity contribution in [1.82, 2.24) is 4.48 Å². The molecule has 0 spiro atoms. The Morgan fingerprint density at radius 3 is 1.29 bits per heavy atom. The van der Waals surface area contributed by atoms with Gasteiger partial charge in [0.2, 0.25) is 5.70 Å². The lowest BCUT2D eigenvalue weighted by Gasteiger charge is -2.26. The maximum absolute atomic E-state index is 19.1. The summed E-state index contributed by atoms with van der Waals surface area (Å²) in [4.78, 5) is 0. The summed E-state index contributed by atoms with van der Waals surface area (Å²) in [6.07, 6.45) is 2.22. The Hall–Kier alpha value is -5.68. The van der Waals surface area contributed by atoms with Gasteiger partial charge in [0.25, 0.3) is 0 Å². The summed E-state index contributed by atoms with van der Waals surface area (Å²) >= 11 is 0. The minimum atomic E-state index is -1.59. The number of halogens is 1. The van der Waals surface area contributed by atoms with Crippen molar-refractivity contribution >= 4 is 24.1 Å². The molecule has 1 aromatic heterocycles. The van der Waals surface area contributed by atoms with E-state index in [1.54, 1.807) is 7.11 Å². The van der Waals surface area contributed by atoms with Gasteiger partial charge in [-0.05, 0) is 95.8 Å². The number of hydrogen-bond donors (Lipinski definition) is 0. The maximum atomic E-state index is 19.1. The van der Waals surface area contributed by atoms with Crippen LogP contribution in [0.25, 0.3) is 33.5 Å². The summed E-state index contributed by atoms with van der Waals surface area (Å²) in [6, 6.07) is 44.1. The summed E-state index contributed by atoms with van der Waals surface area (Å²) < 4.78 is 29.4. The number of ether oxygens (including phenoxy) is 1. The number of benzene rings is 5. The average molecular weight is 864 g/mol. The molecule has 0 saturated heterocycles. The van der Waals surface area contributed by atoms with Crippen molar-refractivity contribution in [3.8, 4) is 28.1 Å². The van der Waals surface area contributed by atoms with Crippen molar-refractivity contribution < 1.29 is 13.5 Å². The third kappa shape index (κ3) is 8.53. The van der Waals surface area contributed by atoms with Gasteiger partial charge in [0.1, 0.15) is 5.75 Å². The van der Waals surface area contributed by atoms with E-state index in [0.717, 1.165) is 73.1 Å². The van der Waals surface area contributed by atoms with Crippen molar-refractivity contribution in [3.63, 3.8) is 0 Å². The Morgan fingerprint density at radius 1 is 0.462 bits per heavy atom. The quantitative estimate of drug-likeness (QED) is 0.153. The van der Waals surface area contributed by atoms with E-state index < -0.39 is 7.26 Å². The SMILES string of the molecule is COc1cc(C(C)(C)C)ccc1C1=C2C(c3ccc(C(C)(C)C)cc3)=CC(c3ccc(C(C)(C)C)cc3)=[N+]2B(F)n2c(-c3ccc(C(C)(C)C)cc3)cc(-c3ccc(C(C)(C)C)cc3)c21. The lowest BCUT2D eigenvalue weighted by atomic mass is 9.81. The maximum Gasteiger partial charge on any atom is 0.847 e. The highest BCUT2D eigenvalue weighted by Crippen LogP contribution is 2.51. The fraction of sp³-hybridized carbons (Fsp3) is 0.350. The lowest BCUT2D eigenvalue weighted by Crippen LogP contribution is -2.41. The van der Waals surface area contributed by atoms with Gasteiger partial charge >= 0.3 is 7.26 Å². The van der Waals surface area contributed by atoms with Gasteiger partial charge in [0.15, 0.2) is 5.71 Å². The molecule has 0 bridgehead atoms. The standard InChI is InChI=1S/C60H69BFN2O/c1-56(2,3)42-25-17-38(18-26-42)48-36-50(40-21-29-44(30-22-40)58(7,8)9)63-54(48)53(47-34-33-46(60(13,14)15)35-52(47)65-16)55-49(39-19-27-43(28-20-39)57(4,5)6)37-51(64(55)61(63)62)41-23-31-45(32-24-41)59(10,11)12/h17-37H,1-16H3/q+1. The third-order valence-electron chi connectivity index (χ3n) is 13.5. The minimum Gasteiger partial charge on any atom is -0.496 e. The highest BCUT2D eigenvalue weighted by molar-refractivity contribution is 6.46. The van der Waals surface area contributed by atoms with Crippen molar-refractivity contribution in [2.75, 3.05) is 7.11 Å². The van der Waals surface area contributed by atoms with Crippen LogP contribution in [0.3, 0.4) is 0 Å². The average Bonchev–Trinajstić information content (AvgIpc) is 3.84. The molecule has 3 heterocycles. The first kappa shape index (κ1) is 45.9. The summed E-state index contributed by atoms with van der Waals surface area (Å²) in [5, 5.41) is 0. The summed E-state index contributed by atoms with van der Waals surface area (Å²) in [7, 11) is 0.163. The van der Waals surface area contributed by atoms with E-state index in [1.807, 2.05) is 8.96 Å². The predicted octanol–water partition coefficient (Wildman–Crippen LogP) is 15.5. The topological polar surface area (TPSA) is 17.2 Å². The zero-order valence-electron chi connectivity index (χ0n) is 41.9. The number of fused-ring (bicyclic) bond motifs is 2. The van der Waals surface area contributed by atoms with Gasteiger partial charge < -0.3 is 4.74 Å². The van der Waals surface area contributed by atoms with Gasteiger partial charge in [-0.15, -0.1) is 0 Å². The van der Waals surface area contributed by atoms with Crippen LogP contribution in [0.15, 0.2) is 133 Å². The smallest absolute Gasteiger partial charge is 0.496 e. The molecule has 0 fully saturated rings. The zero-order chi connectivity index (χ0) is 47.2. The molecule has 2 aliphatic heterocycles.